The van der Waals surface area contributed by atoms with E-state index in [-0.39, 0.29) is 12.4 Å². The van der Waals surface area contributed by atoms with Crippen molar-refractivity contribution in [3.8, 4) is 0 Å². The smallest absolute Gasteiger partial charge is 0.340 e. The number of esters is 1. The Morgan fingerprint density at radius 3 is 2.74 bits per heavy atom. The fraction of sp³-hybridized carbons (Fsp3) is 0.133. The highest BCUT2D eigenvalue weighted by Gasteiger charge is 2.12. The summed E-state index contributed by atoms with van der Waals surface area (Å²) in [6.07, 6.45) is 0. The highest BCUT2D eigenvalue weighted by Crippen LogP contribution is 2.18. The van der Waals surface area contributed by atoms with Gasteiger partial charge in [0.25, 0.3) is 0 Å². The Morgan fingerprint density at radius 1 is 1.26 bits per heavy atom. The van der Waals surface area contributed by atoms with Crippen molar-refractivity contribution >= 4 is 11.7 Å². The number of para-hydroxylation sites is 1. The third kappa shape index (κ3) is 3.10. The molecule has 0 aliphatic carbocycles. The standard InChI is InChI=1S/C15H14FNO2/c1-10-4-2-7-13(14(10)17)15(18)19-9-11-5-3-6-12(16)8-11/h2-8H,9,17H2,1H3. The van der Waals surface area contributed by atoms with Gasteiger partial charge in [0.05, 0.1) is 5.56 Å². The summed E-state index contributed by atoms with van der Waals surface area (Å²) in [7, 11) is 0. The second-order valence-electron chi connectivity index (χ2n) is 4.24. The summed E-state index contributed by atoms with van der Waals surface area (Å²) in [4.78, 5) is 11.9. The number of ether oxygens (including phenoxy) is 1. The van der Waals surface area contributed by atoms with Crippen molar-refractivity contribution in [2.75, 3.05) is 5.73 Å². The van der Waals surface area contributed by atoms with Gasteiger partial charge in [-0.2, -0.15) is 0 Å². The molecular weight excluding hydrogens is 245 g/mol. The van der Waals surface area contributed by atoms with Crippen molar-refractivity contribution in [1.29, 1.82) is 0 Å². The van der Waals surface area contributed by atoms with E-state index in [1.165, 1.54) is 12.1 Å². The summed E-state index contributed by atoms with van der Waals surface area (Å²) in [6.45, 7) is 1.84. The van der Waals surface area contributed by atoms with Gasteiger partial charge in [0.15, 0.2) is 0 Å². The van der Waals surface area contributed by atoms with E-state index >= 15 is 0 Å². The van der Waals surface area contributed by atoms with E-state index < -0.39 is 5.97 Å². The molecule has 0 aliphatic rings. The molecule has 0 fully saturated rings. The van der Waals surface area contributed by atoms with E-state index in [4.69, 9.17) is 10.5 Å². The minimum Gasteiger partial charge on any atom is -0.457 e. The molecule has 0 radical (unpaired) electrons. The van der Waals surface area contributed by atoms with Gasteiger partial charge in [0.1, 0.15) is 12.4 Å². The molecule has 0 unspecified atom stereocenters. The number of nitrogen functional groups attached to an aromatic ring is 1. The van der Waals surface area contributed by atoms with E-state index in [1.807, 2.05) is 13.0 Å². The second kappa shape index (κ2) is 5.52. The van der Waals surface area contributed by atoms with Crippen LogP contribution in [-0.4, -0.2) is 5.97 Å². The predicted octanol–water partition coefficient (Wildman–Crippen LogP) is 3.07. The SMILES string of the molecule is Cc1cccc(C(=O)OCc2cccc(F)c2)c1N. The van der Waals surface area contributed by atoms with Gasteiger partial charge < -0.3 is 10.5 Å². The van der Waals surface area contributed by atoms with Crippen LogP contribution in [0.2, 0.25) is 0 Å². The first-order valence-electron chi connectivity index (χ1n) is 5.84. The molecule has 0 spiro atoms. The molecule has 0 saturated heterocycles. The number of benzene rings is 2. The topological polar surface area (TPSA) is 52.3 Å². The molecule has 4 heteroatoms. The van der Waals surface area contributed by atoms with E-state index in [0.717, 1.165) is 5.56 Å². The predicted molar refractivity (Wildman–Crippen MR) is 71.1 cm³/mol. The Balaban J connectivity index is 2.08. The van der Waals surface area contributed by atoms with E-state index in [9.17, 15) is 9.18 Å². The molecule has 0 heterocycles. The molecule has 2 rings (SSSR count). The number of hydrogen-bond acceptors (Lipinski definition) is 3. The highest BCUT2D eigenvalue weighted by molar-refractivity contribution is 5.95. The first kappa shape index (κ1) is 13.1. The van der Waals surface area contributed by atoms with Crippen LogP contribution in [0.3, 0.4) is 0 Å². The molecule has 0 saturated carbocycles. The zero-order valence-corrected chi connectivity index (χ0v) is 10.5. The van der Waals surface area contributed by atoms with Crippen LogP contribution in [0.1, 0.15) is 21.5 Å². The number of hydrogen-bond donors (Lipinski definition) is 1. The van der Waals surface area contributed by atoms with E-state index in [1.54, 1.807) is 24.3 Å². The lowest BCUT2D eigenvalue weighted by Crippen LogP contribution is -2.09. The third-order valence-corrected chi connectivity index (χ3v) is 2.80. The maximum absolute atomic E-state index is 13.0. The summed E-state index contributed by atoms with van der Waals surface area (Å²) >= 11 is 0. The van der Waals surface area contributed by atoms with Crippen molar-refractivity contribution in [1.82, 2.24) is 0 Å². The monoisotopic (exact) mass is 259 g/mol. The average Bonchev–Trinajstić information content (AvgIpc) is 2.39. The number of carbonyl (C=O) groups excluding carboxylic acids is 1. The van der Waals surface area contributed by atoms with Crippen LogP contribution in [0.5, 0.6) is 0 Å². The summed E-state index contributed by atoms with van der Waals surface area (Å²) < 4.78 is 18.1. The van der Waals surface area contributed by atoms with Crippen LogP contribution in [0.25, 0.3) is 0 Å². The van der Waals surface area contributed by atoms with Crippen LogP contribution in [0.4, 0.5) is 10.1 Å². The molecule has 19 heavy (non-hydrogen) atoms. The van der Waals surface area contributed by atoms with Gasteiger partial charge in [-0.25, -0.2) is 9.18 Å². The molecule has 3 nitrogen and oxygen atoms in total. The van der Waals surface area contributed by atoms with Crippen LogP contribution >= 0.6 is 0 Å². The van der Waals surface area contributed by atoms with Crippen molar-refractivity contribution in [2.45, 2.75) is 13.5 Å². The molecule has 2 aromatic carbocycles. The summed E-state index contributed by atoms with van der Waals surface area (Å²) in [6, 6.07) is 11.1. The molecule has 0 amide bonds. The molecule has 0 bridgehead atoms. The maximum Gasteiger partial charge on any atom is 0.340 e. The van der Waals surface area contributed by atoms with E-state index in [0.29, 0.717) is 16.8 Å². The Bertz CT molecular complexity index is 611. The van der Waals surface area contributed by atoms with Gasteiger partial charge in [-0.15, -0.1) is 0 Å². The largest absolute Gasteiger partial charge is 0.457 e. The number of aryl methyl sites for hydroxylation is 1. The average molecular weight is 259 g/mol. The third-order valence-electron chi connectivity index (χ3n) is 2.80. The number of anilines is 1. The minimum absolute atomic E-state index is 0.0178. The highest BCUT2D eigenvalue weighted by atomic mass is 19.1. The second-order valence-corrected chi connectivity index (χ2v) is 4.24. The summed E-state index contributed by atoms with van der Waals surface area (Å²) in [5.41, 5.74) is 7.97. The first-order valence-corrected chi connectivity index (χ1v) is 5.84. The quantitative estimate of drug-likeness (QED) is 0.680. The minimum atomic E-state index is -0.509. The molecule has 0 aromatic heterocycles. The lowest BCUT2D eigenvalue weighted by Gasteiger charge is -2.08. The molecular formula is C15H14FNO2. The van der Waals surface area contributed by atoms with Crippen LogP contribution in [0.15, 0.2) is 42.5 Å². The number of nitrogens with two attached hydrogens (primary N) is 1. The van der Waals surface area contributed by atoms with Gasteiger partial charge in [0.2, 0.25) is 0 Å². The molecule has 98 valence electrons. The van der Waals surface area contributed by atoms with E-state index in [2.05, 4.69) is 0 Å². The Morgan fingerprint density at radius 2 is 2.00 bits per heavy atom. The Kier molecular flexibility index (Phi) is 3.80. The van der Waals surface area contributed by atoms with Gasteiger partial charge in [-0.3, -0.25) is 0 Å². The molecule has 0 aliphatic heterocycles. The van der Waals surface area contributed by atoms with Gasteiger partial charge >= 0.3 is 5.97 Å². The summed E-state index contributed by atoms with van der Waals surface area (Å²) in [5.74, 6) is -0.867. The molecule has 2 aromatic rings. The fourth-order valence-corrected chi connectivity index (χ4v) is 1.71. The fourth-order valence-electron chi connectivity index (χ4n) is 1.71. The van der Waals surface area contributed by atoms with Crippen molar-refractivity contribution in [3.05, 3.63) is 65.0 Å². The van der Waals surface area contributed by atoms with Gasteiger partial charge in [0, 0.05) is 5.69 Å². The zero-order chi connectivity index (χ0) is 13.8. The van der Waals surface area contributed by atoms with Gasteiger partial charge in [-0.05, 0) is 36.2 Å². The number of rotatable bonds is 3. The van der Waals surface area contributed by atoms with Gasteiger partial charge in [-0.1, -0.05) is 24.3 Å². The lowest BCUT2D eigenvalue weighted by molar-refractivity contribution is 0.0473. The van der Waals surface area contributed by atoms with Crippen LogP contribution in [0, 0.1) is 12.7 Å². The maximum atomic E-state index is 13.0. The van der Waals surface area contributed by atoms with Crippen molar-refractivity contribution in [2.24, 2.45) is 0 Å². The van der Waals surface area contributed by atoms with Crippen LogP contribution in [-0.2, 0) is 11.3 Å². The van der Waals surface area contributed by atoms with Crippen LogP contribution < -0.4 is 5.73 Å². The number of carbonyl (C=O) groups is 1. The Labute approximate surface area is 110 Å². The zero-order valence-electron chi connectivity index (χ0n) is 10.5. The first-order chi connectivity index (χ1) is 9.08. The molecule has 0 atom stereocenters. The van der Waals surface area contributed by atoms with Crippen molar-refractivity contribution in [3.63, 3.8) is 0 Å². The summed E-state index contributed by atoms with van der Waals surface area (Å²) in [5, 5.41) is 0. The Hall–Kier alpha value is -2.36. The lowest BCUT2D eigenvalue weighted by atomic mass is 10.1. The normalized spacial score (nSPS) is 10.2. The van der Waals surface area contributed by atoms with Crippen molar-refractivity contribution < 1.29 is 13.9 Å². The molecule has 2 N–H and O–H groups in total. The number of halogens is 1.